The Hall–Kier alpha value is -1.10. The molecule has 0 saturated heterocycles. The smallest absolute Gasteiger partial charge is 0.191 e. The summed E-state index contributed by atoms with van der Waals surface area (Å²) < 4.78 is 0. The van der Waals surface area contributed by atoms with Gasteiger partial charge in [-0.2, -0.15) is 0 Å². The molecular weight excluding hydrogens is 244 g/mol. The summed E-state index contributed by atoms with van der Waals surface area (Å²) in [5.41, 5.74) is 0. The highest BCUT2D eigenvalue weighted by atomic mass is 32.1. The zero-order valence-electron chi connectivity index (χ0n) is 11.6. The number of hydrogen-bond donors (Lipinski definition) is 2. The Morgan fingerprint density at radius 1 is 1.33 bits per heavy atom. The van der Waals surface area contributed by atoms with Crippen LogP contribution in [0.4, 0.5) is 0 Å². The third kappa shape index (κ3) is 5.49. The molecule has 0 aliphatic rings. The summed E-state index contributed by atoms with van der Waals surface area (Å²) in [6.45, 7) is 9.02. The minimum Gasteiger partial charge on any atom is -0.357 e. The normalized spacial score (nSPS) is 11.6. The Bertz CT molecular complexity index is 360. The minimum absolute atomic E-state index is 0.868. The average Bonchev–Trinajstić information content (AvgIpc) is 2.84. The molecule has 0 spiro atoms. The van der Waals surface area contributed by atoms with E-state index >= 15 is 0 Å². The van der Waals surface area contributed by atoms with Crippen LogP contribution in [0.25, 0.3) is 0 Å². The van der Waals surface area contributed by atoms with Gasteiger partial charge in [-0.1, -0.05) is 13.8 Å². The maximum atomic E-state index is 4.46. The lowest BCUT2D eigenvalue weighted by Gasteiger charge is -2.10. The van der Waals surface area contributed by atoms with E-state index in [1.165, 1.54) is 9.88 Å². The van der Waals surface area contributed by atoms with Crippen LogP contribution >= 0.6 is 11.3 Å². The zero-order valence-corrected chi connectivity index (χ0v) is 12.4. The van der Waals surface area contributed by atoms with Gasteiger partial charge in [-0.05, 0) is 19.8 Å². The standard InChI is InChI=1S/C13H24N4S/c1-4-8-15-13(14-6-3)16-9-7-12-17-10-11(5-2)18-12/h10H,4-9H2,1-3H3,(H2,14,15,16). The third-order valence-corrected chi connectivity index (χ3v) is 3.62. The maximum Gasteiger partial charge on any atom is 0.191 e. The fourth-order valence-corrected chi connectivity index (χ4v) is 2.34. The molecule has 1 rings (SSSR count). The van der Waals surface area contributed by atoms with Gasteiger partial charge in [-0.3, -0.25) is 4.99 Å². The van der Waals surface area contributed by atoms with E-state index < -0.39 is 0 Å². The van der Waals surface area contributed by atoms with Crippen molar-refractivity contribution in [2.45, 2.75) is 40.0 Å². The number of rotatable bonds is 7. The lowest BCUT2D eigenvalue weighted by atomic mass is 10.4. The Kier molecular flexibility index (Phi) is 7.41. The zero-order chi connectivity index (χ0) is 13.2. The monoisotopic (exact) mass is 268 g/mol. The van der Waals surface area contributed by atoms with E-state index in [0.29, 0.717) is 0 Å². The van der Waals surface area contributed by atoms with E-state index in [1.54, 1.807) is 11.3 Å². The Balaban J connectivity index is 2.33. The third-order valence-electron chi connectivity index (χ3n) is 2.42. The van der Waals surface area contributed by atoms with Gasteiger partial charge in [0.15, 0.2) is 5.96 Å². The summed E-state index contributed by atoms with van der Waals surface area (Å²) >= 11 is 1.80. The van der Waals surface area contributed by atoms with Crippen LogP contribution < -0.4 is 10.6 Å². The molecule has 0 radical (unpaired) electrons. The summed E-state index contributed by atoms with van der Waals surface area (Å²) in [4.78, 5) is 10.2. The van der Waals surface area contributed by atoms with E-state index in [9.17, 15) is 0 Å². The quantitative estimate of drug-likeness (QED) is 0.589. The summed E-state index contributed by atoms with van der Waals surface area (Å²) in [6, 6.07) is 0. The molecule has 0 saturated carbocycles. The van der Waals surface area contributed by atoms with E-state index in [2.05, 4.69) is 41.4 Å². The van der Waals surface area contributed by atoms with Crippen molar-refractivity contribution in [3.05, 3.63) is 16.1 Å². The molecule has 102 valence electrons. The lowest BCUT2D eigenvalue weighted by molar-refractivity contribution is 0.791. The number of hydrogen-bond acceptors (Lipinski definition) is 3. The number of aliphatic imine (C=N–C) groups is 1. The molecule has 0 aliphatic heterocycles. The van der Waals surface area contributed by atoms with Gasteiger partial charge in [0.1, 0.15) is 0 Å². The van der Waals surface area contributed by atoms with Gasteiger partial charge in [0.2, 0.25) is 0 Å². The number of aryl methyl sites for hydroxylation is 1. The SMILES string of the molecule is CCCN=C(NCC)NCCc1ncc(CC)s1. The first-order valence-corrected chi connectivity index (χ1v) is 7.57. The average molecular weight is 268 g/mol. The molecule has 0 amide bonds. The molecule has 1 heterocycles. The number of guanidine groups is 1. The van der Waals surface area contributed by atoms with Crippen LogP contribution in [-0.4, -0.2) is 30.6 Å². The first-order valence-electron chi connectivity index (χ1n) is 6.75. The van der Waals surface area contributed by atoms with Crippen LogP contribution in [0.2, 0.25) is 0 Å². The van der Waals surface area contributed by atoms with Crippen molar-refractivity contribution in [2.75, 3.05) is 19.6 Å². The van der Waals surface area contributed by atoms with Gasteiger partial charge >= 0.3 is 0 Å². The molecule has 0 aliphatic carbocycles. The van der Waals surface area contributed by atoms with Crippen LogP contribution in [0.1, 0.15) is 37.1 Å². The van der Waals surface area contributed by atoms with Gasteiger partial charge < -0.3 is 10.6 Å². The first-order chi connectivity index (χ1) is 8.80. The molecule has 5 heteroatoms. The molecule has 2 N–H and O–H groups in total. The highest BCUT2D eigenvalue weighted by Gasteiger charge is 2.01. The number of aromatic nitrogens is 1. The summed E-state index contributed by atoms with van der Waals surface area (Å²) in [7, 11) is 0. The Labute approximate surface area is 114 Å². The first kappa shape index (κ1) is 15.0. The minimum atomic E-state index is 0.868. The fourth-order valence-electron chi connectivity index (χ4n) is 1.48. The number of nitrogens with one attached hydrogen (secondary N) is 2. The van der Waals surface area contributed by atoms with Crippen LogP contribution in [-0.2, 0) is 12.8 Å². The molecule has 1 aromatic rings. The lowest BCUT2D eigenvalue weighted by Crippen LogP contribution is -2.38. The summed E-state index contributed by atoms with van der Waals surface area (Å²) in [6.07, 6.45) is 5.09. The second-order valence-electron chi connectivity index (χ2n) is 4.01. The molecule has 0 unspecified atom stereocenters. The predicted molar refractivity (Wildman–Crippen MR) is 79.5 cm³/mol. The van der Waals surface area contributed by atoms with Crippen molar-refractivity contribution in [2.24, 2.45) is 4.99 Å². The molecule has 0 aromatic carbocycles. The molecule has 0 fully saturated rings. The van der Waals surface area contributed by atoms with Crippen molar-refractivity contribution in [3.63, 3.8) is 0 Å². The number of thiazole rings is 1. The molecule has 18 heavy (non-hydrogen) atoms. The second kappa shape index (κ2) is 8.91. The van der Waals surface area contributed by atoms with Crippen molar-refractivity contribution in [3.8, 4) is 0 Å². The van der Waals surface area contributed by atoms with Crippen molar-refractivity contribution in [1.29, 1.82) is 0 Å². The molecule has 4 nitrogen and oxygen atoms in total. The maximum absolute atomic E-state index is 4.46. The van der Waals surface area contributed by atoms with Gasteiger partial charge in [0.05, 0.1) is 5.01 Å². The highest BCUT2D eigenvalue weighted by Crippen LogP contribution is 2.13. The number of nitrogens with zero attached hydrogens (tertiary/aromatic N) is 2. The van der Waals surface area contributed by atoms with E-state index in [4.69, 9.17) is 0 Å². The highest BCUT2D eigenvalue weighted by molar-refractivity contribution is 7.11. The van der Waals surface area contributed by atoms with Gasteiger partial charge in [0.25, 0.3) is 0 Å². The predicted octanol–water partition coefficient (Wildman–Crippen LogP) is 2.21. The van der Waals surface area contributed by atoms with E-state index in [-0.39, 0.29) is 0 Å². The van der Waals surface area contributed by atoms with Crippen molar-refractivity contribution < 1.29 is 0 Å². The fraction of sp³-hybridized carbons (Fsp3) is 0.692. The molecule has 1 aromatic heterocycles. The van der Waals surface area contributed by atoms with Gasteiger partial charge in [-0.15, -0.1) is 11.3 Å². The summed E-state index contributed by atoms with van der Waals surface area (Å²) in [5, 5.41) is 7.78. The van der Waals surface area contributed by atoms with Gasteiger partial charge in [0, 0.05) is 37.1 Å². The van der Waals surface area contributed by atoms with E-state index in [1.807, 2.05) is 6.20 Å². The van der Waals surface area contributed by atoms with Crippen LogP contribution in [0.15, 0.2) is 11.2 Å². The van der Waals surface area contributed by atoms with Crippen LogP contribution in [0.3, 0.4) is 0 Å². The second-order valence-corrected chi connectivity index (χ2v) is 5.21. The Morgan fingerprint density at radius 2 is 2.17 bits per heavy atom. The Morgan fingerprint density at radius 3 is 2.78 bits per heavy atom. The van der Waals surface area contributed by atoms with Crippen LogP contribution in [0, 0.1) is 0 Å². The summed E-state index contributed by atoms with van der Waals surface area (Å²) in [5.74, 6) is 0.909. The molecular formula is C13H24N4S. The molecule has 0 atom stereocenters. The largest absolute Gasteiger partial charge is 0.357 e. The molecule has 0 bridgehead atoms. The van der Waals surface area contributed by atoms with E-state index in [0.717, 1.165) is 44.9 Å². The topological polar surface area (TPSA) is 49.3 Å². The van der Waals surface area contributed by atoms with Crippen molar-refractivity contribution >= 4 is 17.3 Å². The van der Waals surface area contributed by atoms with Crippen LogP contribution in [0.5, 0.6) is 0 Å². The van der Waals surface area contributed by atoms with Crippen molar-refractivity contribution in [1.82, 2.24) is 15.6 Å². The van der Waals surface area contributed by atoms with Gasteiger partial charge in [-0.25, -0.2) is 4.98 Å².